The molecule has 1 heterocycles. The van der Waals surface area contributed by atoms with E-state index in [0.29, 0.717) is 19.5 Å². The Morgan fingerprint density at radius 1 is 1.35 bits per heavy atom. The Balaban J connectivity index is 1.89. The second kappa shape index (κ2) is 7.51. The minimum atomic E-state index is -0.490. The van der Waals surface area contributed by atoms with Crippen LogP contribution in [0.15, 0.2) is 36.8 Å². The molecule has 1 N–H and O–H groups in total. The lowest BCUT2D eigenvalue weighted by Gasteiger charge is -2.19. The highest BCUT2D eigenvalue weighted by molar-refractivity contribution is 6.31. The molecule has 2 rings (SSSR count). The second-order valence-corrected chi connectivity index (χ2v) is 6.69. The number of alkyl carbamates (subject to hydrolysis) is 1. The van der Waals surface area contributed by atoms with Gasteiger partial charge in [0.1, 0.15) is 5.60 Å². The molecule has 6 heteroatoms. The van der Waals surface area contributed by atoms with E-state index in [2.05, 4.69) is 10.3 Å². The van der Waals surface area contributed by atoms with Gasteiger partial charge in [-0.2, -0.15) is 0 Å². The van der Waals surface area contributed by atoms with Crippen molar-refractivity contribution >= 4 is 17.7 Å². The van der Waals surface area contributed by atoms with Crippen molar-refractivity contribution in [2.45, 2.75) is 39.3 Å². The van der Waals surface area contributed by atoms with E-state index in [1.54, 1.807) is 12.5 Å². The number of carbonyl (C=O) groups excluding carboxylic acids is 1. The molecule has 1 amide bonds. The summed E-state index contributed by atoms with van der Waals surface area (Å²) in [4.78, 5) is 15.8. The molecule has 23 heavy (non-hydrogen) atoms. The Labute approximate surface area is 141 Å². The summed E-state index contributed by atoms with van der Waals surface area (Å²) in [6.45, 7) is 6.66. The average molecular weight is 336 g/mol. The normalized spacial score (nSPS) is 11.3. The summed E-state index contributed by atoms with van der Waals surface area (Å²) in [5.74, 6) is 0. The SMILES string of the molecule is CC(C)(C)OC(=O)NCCc1cncn1Cc1ccccc1Cl. The third-order valence-electron chi connectivity index (χ3n) is 3.15. The van der Waals surface area contributed by atoms with Gasteiger partial charge in [0.15, 0.2) is 0 Å². The number of rotatable bonds is 5. The van der Waals surface area contributed by atoms with Gasteiger partial charge < -0.3 is 14.6 Å². The van der Waals surface area contributed by atoms with Crippen LogP contribution in [0, 0.1) is 0 Å². The van der Waals surface area contributed by atoms with Gasteiger partial charge >= 0.3 is 6.09 Å². The van der Waals surface area contributed by atoms with E-state index >= 15 is 0 Å². The molecule has 1 aromatic heterocycles. The van der Waals surface area contributed by atoms with Crippen LogP contribution in [-0.2, 0) is 17.7 Å². The lowest BCUT2D eigenvalue weighted by atomic mass is 10.2. The molecule has 0 spiro atoms. The van der Waals surface area contributed by atoms with Crippen LogP contribution < -0.4 is 5.32 Å². The van der Waals surface area contributed by atoms with Crippen LogP contribution in [0.2, 0.25) is 5.02 Å². The molecular weight excluding hydrogens is 314 g/mol. The molecule has 2 aromatic rings. The maximum Gasteiger partial charge on any atom is 0.407 e. The van der Waals surface area contributed by atoms with E-state index in [9.17, 15) is 4.79 Å². The van der Waals surface area contributed by atoms with Crippen LogP contribution in [0.25, 0.3) is 0 Å². The number of halogens is 1. The summed E-state index contributed by atoms with van der Waals surface area (Å²) in [7, 11) is 0. The number of hydrogen-bond donors (Lipinski definition) is 1. The number of ether oxygens (including phenoxy) is 1. The highest BCUT2D eigenvalue weighted by atomic mass is 35.5. The number of nitrogens with zero attached hydrogens (tertiary/aromatic N) is 2. The molecular formula is C17H22ClN3O2. The van der Waals surface area contributed by atoms with Crippen molar-refractivity contribution in [1.29, 1.82) is 0 Å². The van der Waals surface area contributed by atoms with Crippen molar-refractivity contribution in [3.63, 3.8) is 0 Å². The van der Waals surface area contributed by atoms with Gasteiger partial charge in [0.2, 0.25) is 0 Å². The number of nitrogens with one attached hydrogen (secondary N) is 1. The van der Waals surface area contributed by atoms with Gasteiger partial charge in [0.05, 0.1) is 12.9 Å². The Bertz CT molecular complexity index is 662. The number of carbonyl (C=O) groups is 1. The Morgan fingerprint density at radius 2 is 2.09 bits per heavy atom. The fraction of sp³-hybridized carbons (Fsp3) is 0.412. The van der Waals surface area contributed by atoms with E-state index in [4.69, 9.17) is 16.3 Å². The number of hydrogen-bond acceptors (Lipinski definition) is 3. The van der Waals surface area contributed by atoms with E-state index in [-0.39, 0.29) is 0 Å². The quantitative estimate of drug-likeness (QED) is 0.907. The predicted octanol–water partition coefficient (Wildman–Crippen LogP) is 3.65. The van der Waals surface area contributed by atoms with Gasteiger partial charge in [-0.1, -0.05) is 29.8 Å². The predicted molar refractivity (Wildman–Crippen MR) is 90.7 cm³/mol. The smallest absolute Gasteiger partial charge is 0.407 e. The molecule has 0 unspecified atom stereocenters. The zero-order valence-corrected chi connectivity index (χ0v) is 14.4. The van der Waals surface area contributed by atoms with Gasteiger partial charge in [-0.15, -0.1) is 0 Å². The van der Waals surface area contributed by atoms with Crippen molar-refractivity contribution in [2.24, 2.45) is 0 Å². The first-order chi connectivity index (χ1) is 10.8. The molecule has 1 aromatic carbocycles. The average Bonchev–Trinajstić information content (AvgIpc) is 2.87. The number of benzene rings is 1. The van der Waals surface area contributed by atoms with Crippen LogP contribution in [0.4, 0.5) is 4.79 Å². The largest absolute Gasteiger partial charge is 0.444 e. The Hall–Kier alpha value is -2.01. The third-order valence-corrected chi connectivity index (χ3v) is 3.52. The van der Waals surface area contributed by atoms with Crippen LogP contribution in [0.3, 0.4) is 0 Å². The van der Waals surface area contributed by atoms with Crippen LogP contribution in [0.5, 0.6) is 0 Å². The maximum atomic E-state index is 11.6. The third kappa shape index (κ3) is 5.60. The number of imidazole rings is 1. The zero-order chi connectivity index (χ0) is 16.9. The Morgan fingerprint density at radius 3 is 2.78 bits per heavy atom. The van der Waals surface area contributed by atoms with Crippen molar-refractivity contribution < 1.29 is 9.53 Å². The summed E-state index contributed by atoms with van der Waals surface area (Å²) in [5.41, 5.74) is 1.57. The molecule has 0 aliphatic rings. The highest BCUT2D eigenvalue weighted by Gasteiger charge is 2.15. The lowest BCUT2D eigenvalue weighted by Crippen LogP contribution is -2.33. The molecule has 0 aliphatic heterocycles. The standard InChI is InChI=1S/C17H22ClN3O2/c1-17(2,3)23-16(22)20-9-8-14-10-19-12-21(14)11-13-6-4-5-7-15(13)18/h4-7,10,12H,8-9,11H2,1-3H3,(H,20,22). The molecule has 0 fully saturated rings. The van der Waals surface area contributed by atoms with E-state index in [0.717, 1.165) is 16.3 Å². The zero-order valence-electron chi connectivity index (χ0n) is 13.7. The van der Waals surface area contributed by atoms with Gasteiger partial charge in [-0.25, -0.2) is 9.78 Å². The second-order valence-electron chi connectivity index (χ2n) is 6.28. The van der Waals surface area contributed by atoms with E-state index < -0.39 is 11.7 Å². The van der Waals surface area contributed by atoms with E-state index in [1.807, 2.05) is 49.6 Å². The van der Waals surface area contributed by atoms with Crippen LogP contribution >= 0.6 is 11.6 Å². The summed E-state index contributed by atoms with van der Waals surface area (Å²) < 4.78 is 7.23. The fourth-order valence-corrected chi connectivity index (χ4v) is 2.31. The topological polar surface area (TPSA) is 56.1 Å². The molecule has 0 aliphatic carbocycles. The molecule has 0 saturated heterocycles. The molecule has 0 atom stereocenters. The lowest BCUT2D eigenvalue weighted by molar-refractivity contribution is 0.0528. The first-order valence-electron chi connectivity index (χ1n) is 7.54. The van der Waals surface area contributed by atoms with Crippen molar-refractivity contribution in [3.8, 4) is 0 Å². The monoisotopic (exact) mass is 335 g/mol. The van der Waals surface area contributed by atoms with Gasteiger partial charge in [-0.05, 0) is 32.4 Å². The molecule has 0 saturated carbocycles. The summed E-state index contributed by atoms with van der Waals surface area (Å²) in [6, 6.07) is 7.73. The van der Waals surface area contributed by atoms with Crippen molar-refractivity contribution in [2.75, 3.05) is 6.54 Å². The highest BCUT2D eigenvalue weighted by Crippen LogP contribution is 2.17. The van der Waals surface area contributed by atoms with Crippen LogP contribution in [-0.4, -0.2) is 27.8 Å². The van der Waals surface area contributed by atoms with Gasteiger partial charge in [-0.3, -0.25) is 0 Å². The first-order valence-corrected chi connectivity index (χ1v) is 7.92. The van der Waals surface area contributed by atoms with E-state index in [1.165, 1.54) is 0 Å². The first kappa shape index (κ1) is 17.3. The van der Waals surface area contributed by atoms with Crippen molar-refractivity contribution in [3.05, 3.63) is 53.1 Å². The molecule has 124 valence electrons. The van der Waals surface area contributed by atoms with Gasteiger partial charge in [0, 0.05) is 29.9 Å². The molecule has 0 bridgehead atoms. The number of aromatic nitrogens is 2. The summed E-state index contributed by atoms with van der Waals surface area (Å²) >= 11 is 6.19. The molecule has 5 nitrogen and oxygen atoms in total. The van der Waals surface area contributed by atoms with Crippen molar-refractivity contribution in [1.82, 2.24) is 14.9 Å². The van der Waals surface area contributed by atoms with Crippen LogP contribution in [0.1, 0.15) is 32.0 Å². The fourth-order valence-electron chi connectivity index (χ4n) is 2.12. The Kier molecular flexibility index (Phi) is 5.66. The summed E-state index contributed by atoms with van der Waals surface area (Å²) in [6.07, 6.45) is 3.83. The minimum Gasteiger partial charge on any atom is -0.444 e. The minimum absolute atomic E-state index is 0.408. The number of amides is 1. The molecule has 0 radical (unpaired) electrons. The summed E-state index contributed by atoms with van der Waals surface area (Å²) in [5, 5.41) is 3.49. The van der Waals surface area contributed by atoms with Gasteiger partial charge in [0.25, 0.3) is 0 Å². The maximum absolute atomic E-state index is 11.6.